The van der Waals surface area contributed by atoms with E-state index in [4.69, 9.17) is 5.53 Å². The Morgan fingerprint density at radius 2 is 2.62 bits per heavy atom. The van der Waals surface area contributed by atoms with Crippen molar-refractivity contribution in [1.82, 2.24) is 0 Å². The van der Waals surface area contributed by atoms with Crippen LogP contribution in [0.1, 0.15) is 0 Å². The SMILES string of the molecule is [N-]=[N+]=NCC(Br)C=O. The number of carbonyl (C=O) groups is 1. The van der Waals surface area contributed by atoms with Gasteiger partial charge in [-0.2, -0.15) is 0 Å². The number of hydrogen-bond donors (Lipinski definition) is 0. The summed E-state index contributed by atoms with van der Waals surface area (Å²) in [6.07, 6.45) is 0.675. The molecule has 0 saturated carbocycles. The van der Waals surface area contributed by atoms with Gasteiger partial charge in [0.05, 0.1) is 4.83 Å². The molecule has 0 aliphatic heterocycles. The molecule has 8 heavy (non-hydrogen) atoms. The van der Waals surface area contributed by atoms with Crippen molar-refractivity contribution in [2.24, 2.45) is 5.11 Å². The van der Waals surface area contributed by atoms with Crippen LogP contribution in [-0.4, -0.2) is 17.7 Å². The van der Waals surface area contributed by atoms with E-state index >= 15 is 0 Å². The van der Waals surface area contributed by atoms with Gasteiger partial charge in [-0.15, -0.1) is 0 Å². The number of alkyl halides is 1. The zero-order chi connectivity index (χ0) is 6.41. The van der Waals surface area contributed by atoms with Crippen LogP contribution in [0, 0.1) is 0 Å². The van der Waals surface area contributed by atoms with Gasteiger partial charge < -0.3 is 4.79 Å². The summed E-state index contributed by atoms with van der Waals surface area (Å²) >= 11 is 2.94. The molecule has 0 fully saturated rings. The summed E-state index contributed by atoms with van der Waals surface area (Å²) < 4.78 is 0. The summed E-state index contributed by atoms with van der Waals surface area (Å²) in [5.41, 5.74) is 7.73. The number of aldehydes is 1. The van der Waals surface area contributed by atoms with Gasteiger partial charge in [0.1, 0.15) is 6.29 Å². The van der Waals surface area contributed by atoms with Gasteiger partial charge in [0, 0.05) is 11.5 Å². The first kappa shape index (κ1) is 7.46. The monoisotopic (exact) mass is 177 g/mol. The van der Waals surface area contributed by atoms with Crippen LogP contribution in [0.5, 0.6) is 0 Å². The lowest BCUT2D eigenvalue weighted by Crippen LogP contribution is -2.01. The van der Waals surface area contributed by atoms with E-state index in [1.54, 1.807) is 0 Å². The summed E-state index contributed by atoms with van der Waals surface area (Å²) in [6.45, 7) is 0.181. The third kappa shape index (κ3) is 3.64. The highest BCUT2D eigenvalue weighted by Gasteiger charge is 1.95. The van der Waals surface area contributed by atoms with Gasteiger partial charge in [0.25, 0.3) is 0 Å². The van der Waals surface area contributed by atoms with Crippen LogP contribution < -0.4 is 0 Å². The maximum atomic E-state index is 9.78. The smallest absolute Gasteiger partial charge is 0.133 e. The van der Waals surface area contributed by atoms with Crippen LogP contribution in [0.15, 0.2) is 5.11 Å². The van der Waals surface area contributed by atoms with Gasteiger partial charge in [-0.05, 0) is 5.53 Å². The van der Waals surface area contributed by atoms with E-state index in [2.05, 4.69) is 26.0 Å². The summed E-state index contributed by atoms with van der Waals surface area (Å²) in [4.78, 5) is 11.9. The Kier molecular flexibility index (Phi) is 4.30. The summed E-state index contributed by atoms with van der Waals surface area (Å²) in [6, 6.07) is 0. The quantitative estimate of drug-likeness (QED) is 0.211. The minimum atomic E-state index is -0.335. The van der Waals surface area contributed by atoms with Gasteiger partial charge in [-0.3, -0.25) is 0 Å². The van der Waals surface area contributed by atoms with Gasteiger partial charge in [-0.1, -0.05) is 21.0 Å². The van der Waals surface area contributed by atoms with E-state index in [1.807, 2.05) is 0 Å². The molecule has 0 aromatic rings. The van der Waals surface area contributed by atoms with E-state index in [0.717, 1.165) is 0 Å². The Morgan fingerprint density at radius 3 is 3.00 bits per heavy atom. The highest BCUT2D eigenvalue weighted by molar-refractivity contribution is 9.10. The minimum absolute atomic E-state index is 0.181. The average Bonchev–Trinajstić information content (AvgIpc) is 1.83. The van der Waals surface area contributed by atoms with Crippen molar-refractivity contribution in [3.05, 3.63) is 10.4 Å². The molecule has 0 aromatic heterocycles. The van der Waals surface area contributed by atoms with Gasteiger partial charge >= 0.3 is 0 Å². The minimum Gasteiger partial charge on any atom is -0.302 e. The molecule has 0 spiro atoms. The second-order valence-electron chi connectivity index (χ2n) is 1.07. The number of hydrogen-bond acceptors (Lipinski definition) is 2. The van der Waals surface area contributed by atoms with E-state index < -0.39 is 0 Å². The Morgan fingerprint density at radius 1 is 2.00 bits per heavy atom. The Hall–Kier alpha value is -0.540. The van der Waals surface area contributed by atoms with Crippen molar-refractivity contribution in [2.75, 3.05) is 6.54 Å². The third-order valence-corrected chi connectivity index (χ3v) is 0.972. The number of halogens is 1. The zero-order valence-corrected chi connectivity index (χ0v) is 5.58. The van der Waals surface area contributed by atoms with Crippen LogP contribution in [-0.2, 0) is 4.79 Å². The highest BCUT2D eigenvalue weighted by Crippen LogP contribution is 1.94. The van der Waals surface area contributed by atoms with Crippen molar-refractivity contribution in [3.63, 3.8) is 0 Å². The topological polar surface area (TPSA) is 65.8 Å². The lowest BCUT2D eigenvalue weighted by molar-refractivity contribution is -0.107. The molecule has 0 rings (SSSR count). The largest absolute Gasteiger partial charge is 0.302 e. The van der Waals surface area contributed by atoms with Crippen LogP contribution in [0.3, 0.4) is 0 Å². The lowest BCUT2D eigenvalue weighted by atomic mass is 10.5. The molecule has 5 heteroatoms. The predicted molar refractivity (Wildman–Crippen MR) is 32.8 cm³/mol. The standard InChI is InChI=1S/C3H4BrN3O/c4-3(2-8)1-6-7-5/h2-3H,1H2. The third-order valence-electron chi connectivity index (χ3n) is 0.467. The maximum absolute atomic E-state index is 9.78. The molecule has 1 unspecified atom stereocenters. The Balaban J connectivity index is 3.38. The summed E-state index contributed by atoms with van der Waals surface area (Å²) in [7, 11) is 0. The van der Waals surface area contributed by atoms with Crippen LogP contribution in [0.2, 0.25) is 0 Å². The van der Waals surface area contributed by atoms with Gasteiger partial charge in [0.2, 0.25) is 0 Å². The molecule has 4 nitrogen and oxygen atoms in total. The molecular weight excluding hydrogens is 174 g/mol. The molecule has 0 aliphatic carbocycles. The molecule has 44 valence electrons. The molecule has 0 aliphatic rings. The van der Waals surface area contributed by atoms with Crippen molar-refractivity contribution in [2.45, 2.75) is 4.83 Å². The van der Waals surface area contributed by atoms with E-state index in [9.17, 15) is 4.79 Å². The number of rotatable bonds is 3. The fraction of sp³-hybridized carbons (Fsp3) is 0.667. The molecule has 1 atom stereocenters. The summed E-state index contributed by atoms with van der Waals surface area (Å²) in [5.74, 6) is 0. The van der Waals surface area contributed by atoms with Gasteiger partial charge in [-0.25, -0.2) is 0 Å². The Labute approximate surface area is 54.6 Å². The number of azide groups is 1. The van der Waals surface area contributed by atoms with Crippen molar-refractivity contribution < 1.29 is 4.79 Å². The molecule has 0 aromatic carbocycles. The first-order chi connectivity index (χ1) is 3.81. The predicted octanol–water partition coefficient (Wildman–Crippen LogP) is 1.26. The van der Waals surface area contributed by atoms with E-state index in [-0.39, 0.29) is 11.4 Å². The highest BCUT2D eigenvalue weighted by atomic mass is 79.9. The molecule has 0 bridgehead atoms. The second-order valence-corrected chi connectivity index (χ2v) is 2.24. The van der Waals surface area contributed by atoms with E-state index in [0.29, 0.717) is 6.29 Å². The van der Waals surface area contributed by atoms with Crippen molar-refractivity contribution >= 4 is 22.2 Å². The molecule has 0 N–H and O–H groups in total. The normalized spacial score (nSPS) is 11.6. The molecule has 0 saturated heterocycles. The fourth-order valence-electron chi connectivity index (χ4n) is 0.158. The lowest BCUT2D eigenvalue weighted by Gasteiger charge is -1.88. The maximum Gasteiger partial charge on any atom is 0.133 e. The first-order valence-corrected chi connectivity index (χ1v) is 2.83. The first-order valence-electron chi connectivity index (χ1n) is 1.91. The molecule has 0 amide bonds. The van der Waals surface area contributed by atoms with Crippen LogP contribution >= 0.6 is 15.9 Å². The Bertz CT molecular complexity index is 120. The van der Waals surface area contributed by atoms with Crippen molar-refractivity contribution in [3.8, 4) is 0 Å². The van der Waals surface area contributed by atoms with Crippen molar-refractivity contribution in [1.29, 1.82) is 0 Å². The van der Waals surface area contributed by atoms with Crippen LogP contribution in [0.25, 0.3) is 10.4 Å². The average molecular weight is 178 g/mol. The van der Waals surface area contributed by atoms with E-state index in [1.165, 1.54) is 0 Å². The zero-order valence-electron chi connectivity index (χ0n) is 3.99. The van der Waals surface area contributed by atoms with Crippen LogP contribution in [0.4, 0.5) is 0 Å². The summed E-state index contributed by atoms with van der Waals surface area (Å²) in [5, 5.41) is 3.14. The second kappa shape index (κ2) is 4.61. The molecule has 0 radical (unpaired) electrons. The molecular formula is C3H4BrN3O. The fourth-order valence-corrected chi connectivity index (χ4v) is 0.287. The number of nitrogens with zero attached hydrogens (tertiary/aromatic N) is 3. The number of carbonyl (C=O) groups excluding carboxylic acids is 1. The molecule has 0 heterocycles. The van der Waals surface area contributed by atoms with Gasteiger partial charge in [0.15, 0.2) is 0 Å².